The first-order chi connectivity index (χ1) is 12.3. The standard InChI is InChI=1S/C16H9Cl2N3O5/c17-8-1-4-10(11(18)7-8)12-5-2-9(26-12)3-6-13-19-15(22)14(21(24)25)16(23)20-13/h1-7H,(H2,19,20,22,23)/b6-3-. The lowest BCUT2D eigenvalue weighted by Crippen LogP contribution is -2.14. The Hall–Kier alpha value is -3.10. The predicted molar refractivity (Wildman–Crippen MR) is 96.3 cm³/mol. The van der Waals surface area contributed by atoms with Crippen LogP contribution in [0.3, 0.4) is 0 Å². The molecule has 2 aromatic heterocycles. The molecular formula is C16H9Cl2N3O5. The number of hydrogen-bond acceptors (Lipinski definition) is 6. The van der Waals surface area contributed by atoms with Crippen LogP contribution >= 0.6 is 23.2 Å². The molecule has 1 aromatic carbocycles. The molecule has 0 radical (unpaired) electrons. The van der Waals surface area contributed by atoms with Crippen molar-refractivity contribution in [2.24, 2.45) is 0 Å². The number of rotatable bonds is 4. The minimum Gasteiger partial charge on any atom is -0.488 e. The summed E-state index contributed by atoms with van der Waals surface area (Å²) in [6.45, 7) is 0. The van der Waals surface area contributed by atoms with Crippen molar-refractivity contribution in [1.29, 1.82) is 0 Å². The van der Waals surface area contributed by atoms with Gasteiger partial charge < -0.3 is 14.5 Å². The molecule has 0 atom stereocenters. The molecule has 0 saturated carbocycles. The normalized spacial score (nSPS) is 11.2. The average Bonchev–Trinajstić information content (AvgIpc) is 3.00. The first-order valence-electron chi connectivity index (χ1n) is 7.06. The molecule has 3 aromatic rings. The SMILES string of the molecule is O=c1[nH]c(/C=C\c2ccc(-c3ccc(Cl)cc3Cl)o2)nc(O)c1[N+](=O)[O-]. The van der Waals surface area contributed by atoms with E-state index in [1.807, 2.05) is 0 Å². The van der Waals surface area contributed by atoms with Crippen LogP contribution in [0.2, 0.25) is 10.0 Å². The minimum atomic E-state index is -1.06. The van der Waals surface area contributed by atoms with Crippen LogP contribution in [0.1, 0.15) is 11.6 Å². The molecule has 3 rings (SSSR count). The topological polar surface area (TPSA) is 122 Å². The number of aromatic nitrogens is 2. The Kier molecular flexibility index (Phi) is 4.79. The number of hydrogen-bond donors (Lipinski definition) is 2. The van der Waals surface area contributed by atoms with Gasteiger partial charge in [-0.2, -0.15) is 4.98 Å². The molecule has 8 nitrogen and oxygen atoms in total. The van der Waals surface area contributed by atoms with Crippen molar-refractivity contribution in [1.82, 2.24) is 9.97 Å². The molecule has 0 bridgehead atoms. The molecule has 0 amide bonds. The molecule has 0 aliphatic carbocycles. The van der Waals surface area contributed by atoms with E-state index in [0.717, 1.165) is 0 Å². The Balaban J connectivity index is 1.88. The maximum Gasteiger partial charge on any atom is 0.395 e. The number of aromatic amines is 1. The largest absolute Gasteiger partial charge is 0.488 e. The molecule has 10 heteroatoms. The number of nitrogens with one attached hydrogen (secondary N) is 1. The maximum absolute atomic E-state index is 11.6. The van der Waals surface area contributed by atoms with Gasteiger partial charge in [0.05, 0.1) is 9.95 Å². The van der Waals surface area contributed by atoms with Crippen molar-refractivity contribution in [2.45, 2.75) is 0 Å². The van der Waals surface area contributed by atoms with Gasteiger partial charge in [0, 0.05) is 10.6 Å². The summed E-state index contributed by atoms with van der Waals surface area (Å²) in [5.74, 6) is -0.127. The lowest BCUT2D eigenvalue weighted by Gasteiger charge is -2.00. The summed E-state index contributed by atoms with van der Waals surface area (Å²) in [6, 6.07) is 8.32. The van der Waals surface area contributed by atoms with Crippen LogP contribution in [-0.2, 0) is 0 Å². The summed E-state index contributed by atoms with van der Waals surface area (Å²) >= 11 is 12.0. The number of nitro groups is 1. The Bertz CT molecular complexity index is 1090. The van der Waals surface area contributed by atoms with E-state index in [1.165, 1.54) is 12.2 Å². The molecule has 0 spiro atoms. The zero-order chi connectivity index (χ0) is 18.8. The van der Waals surface area contributed by atoms with E-state index in [-0.39, 0.29) is 5.82 Å². The second-order valence-electron chi connectivity index (χ2n) is 5.04. The number of H-pyrrole nitrogens is 1. The van der Waals surface area contributed by atoms with Crippen molar-refractivity contribution >= 4 is 41.0 Å². The van der Waals surface area contributed by atoms with Gasteiger partial charge in [-0.15, -0.1) is 0 Å². The second kappa shape index (κ2) is 7.03. The van der Waals surface area contributed by atoms with Crippen molar-refractivity contribution in [3.05, 3.63) is 72.4 Å². The van der Waals surface area contributed by atoms with E-state index < -0.39 is 22.0 Å². The number of halogens is 2. The van der Waals surface area contributed by atoms with Crippen molar-refractivity contribution < 1.29 is 14.4 Å². The predicted octanol–water partition coefficient (Wildman–Crippen LogP) is 4.12. The van der Waals surface area contributed by atoms with Crippen LogP contribution in [0.4, 0.5) is 5.69 Å². The third-order valence-corrected chi connectivity index (χ3v) is 3.85. The fourth-order valence-electron chi connectivity index (χ4n) is 2.15. The summed E-state index contributed by atoms with van der Waals surface area (Å²) in [5.41, 5.74) is -1.43. The molecule has 0 saturated heterocycles. The van der Waals surface area contributed by atoms with Crippen molar-refractivity contribution in [3.63, 3.8) is 0 Å². The number of furan rings is 1. The smallest absolute Gasteiger partial charge is 0.395 e. The van der Waals surface area contributed by atoms with Gasteiger partial charge in [-0.3, -0.25) is 14.9 Å². The highest BCUT2D eigenvalue weighted by atomic mass is 35.5. The van der Waals surface area contributed by atoms with Crippen LogP contribution in [0.5, 0.6) is 5.88 Å². The van der Waals surface area contributed by atoms with Gasteiger partial charge in [-0.05, 0) is 42.5 Å². The summed E-state index contributed by atoms with van der Waals surface area (Å²) in [4.78, 5) is 27.0. The quantitative estimate of drug-likeness (QED) is 0.507. The number of aromatic hydroxyl groups is 1. The maximum atomic E-state index is 11.6. The monoisotopic (exact) mass is 393 g/mol. The Morgan fingerprint density at radius 2 is 2.00 bits per heavy atom. The molecular weight excluding hydrogens is 385 g/mol. The van der Waals surface area contributed by atoms with E-state index in [1.54, 1.807) is 30.3 Å². The van der Waals surface area contributed by atoms with E-state index in [2.05, 4.69) is 9.97 Å². The molecule has 0 fully saturated rings. The third kappa shape index (κ3) is 3.61. The molecule has 26 heavy (non-hydrogen) atoms. The van der Waals surface area contributed by atoms with Gasteiger partial charge in [0.2, 0.25) is 0 Å². The van der Waals surface area contributed by atoms with Gasteiger partial charge in [-0.1, -0.05) is 23.2 Å². The summed E-state index contributed by atoms with van der Waals surface area (Å²) in [7, 11) is 0. The fourth-order valence-corrected chi connectivity index (χ4v) is 2.65. The molecule has 2 N–H and O–H groups in total. The number of benzene rings is 1. The van der Waals surface area contributed by atoms with Crippen LogP contribution in [0.25, 0.3) is 23.5 Å². The van der Waals surface area contributed by atoms with E-state index in [9.17, 15) is 20.0 Å². The third-order valence-electron chi connectivity index (χ3n) is 3.31. The lowest BCUT2D eigenvalue weighted by atomic mass is 10.2. The van der Waals surface area contributed by atoms with Gasteiger partial charge in [0.15, 0.2) is 0 Å². The summed E-state index contributed by atoms with van der Waals surface area (Å²) in [5, 5.41) is 21.1. The Morgan fingerprint density at radius 3 is 2.65 bits per heavy atom. The van der Waals surface area contributed by atoms with Crippen molar-refractivity contribution in [3.8, 4) is 17.2 Å². The first-order valence-corrected chi connectivity index (χ1v) is 7.82. The number of nitrogens with zero attached hydrogens (tertiary/aromatic N) is 2. The highest BCUT2D eigenvalue weighted by molar-refractivity contribution is 6.36. The lowest BCUT2D eigenvalue weighted by molar-refractivity contribution is -0.387. The van der Waals surface area contributed by atoms with E-state index in [0.29, 0.717) is 27.1 Å². The first kappa shape index (κ1) is 17.7. The minimum absolute atomic E-state index is 0.0689. The van der Waals surface area contributed by atoms with Crippen LogP contribution in [0.15, 0.2) is 39.5 Å². The Morgan fingerprint density at radius 1 is 1.23 bits per heavy atom. The molecule has 0 aliphatic heterocycles. The molecule has 132 valence electrons. The van der Waals surface area contributed by atoms with Crippen LogP contribution in [-0.4, -0.2) is 20.0 Å². The van der Waals surface area contributed by atoms with Gasteiger partial charge >= 0.3 is 11.2 Å². The molecule has 2 heterocycles. The zero-order valence-corrected chi connectivity index (χ0v) is 14.3. The van der Waals surface area contributed by atoms with E-state index >= 15 is 0 Å². The highest BCUT2D eigenvalue weighted by Crippen LogP contribution is 2.31. The van der Waals surface area contributed by atoms with Crippen LogP contribution < -0.4 is 5.56 Å². The van der Waals surface area contributed by atoms with Crippen molar-refractivity contribution in [2.75, 3.05) is 0 Å². The zero-order valence-electron chi connectivity index (χ0n) is 12.8. The van der Waals surface area contributed by atoms with Crippen LogP contribution in [0, 0.1) is 10.1 Å². The summed E-state index contributed by atoms with van der Waals surface area (Å²) < 4.78 is 5.63. The van der Waals surface area contributed by atoms with E-state index in [4.69, 9.17) is 27.6 Å². The summed E-state index contributed by atoms with van der Waals surface area (Å²) in [6.07, 6.45) is 2.80. The Labute approximate surface area is 155 Å². The molecule has 0 aliphatic rings. The highest BCUT2D eigenvalue weighted by Gasteiger charge is 2.21. The van der Waals surface area contributed by atoms with Gasteiger partial charge in [0.25, 0.3) is 5.88 Å². The van der Waals surface area contributed by atoms with Gasteiger partial charge in [0.1, 0.15) is 17.3 Å². The van der Waals surface area contributed by atoms with Gasteiger partial charge in [-0.25, -0.2) is 0 Å². The molecule has 0 unspecified atom stereocenters. The second-order valence-corrected chi connectivity index (χ2v) is 5.88. The fraction of sp³-hybridized carbons (Fsp3) is 0. The average molecular weight is 394 g/mol.